The number of primary amides is 1. The summed E-state index contributed by atoms with van der Waals surface area (Å²) in [6.07, 6.45) is 0.511. The van der Waals surface area contributed by atoms with Gasteiger partial charge in [0.1, 0.15) is 0 Å². The lowest BCUT2D eigenvalue weighted by Crippen LogP contribution is -2.24. The lowest BCUT2D eigenvalue weighted by molar-refractivity contribution is -0.141. The van der Waals surface area contributed by atoms with Crippen LogP contribution in [0.3, 0.4) is 0 Å². The van der Waals surface area contributed by atoms with Crippen molar-refractivity contribution in [3.8, 4) is 0 Å². The average molecular weight is 265 g/mol. The Kier molecular flexibility index (Phi) is 4.86. The van der Waals surface area contributed by atoms with Gasteiger partial charge in [-0.05, 0) is 26.3 Å². The number of aromatic nitrogens is 1. The van der Waals surface area contributed by atoms with Crippen molar-refractivity contribution in [3.63, 3.8) is 0 Å². The molecule has 1 aromatic rings. The monoisotopic (exact) mass is 265 g/mol. The summed E-state index contributed by atoms with van der Waals surface area (Å²) in [7, 11) is 0. The summed E-state index contributed by atoms with van der Waals surface area (Å²) in [5.74, 6) is -1.94. The lowest BCUT2D eigenvalue weighted by atomic mass is 10.1. The molecule has 6 nitrogen and oxygen atoms in total. The number of aryl methyl sites for hydroxylation is 2. The molecule has 0 aliphatic heterocycles. The van der Waals surface area contributed by atoms with Gasteiger partial charge in [0.25, 0.3) is 5.91 Å². The molecule has 0 aliphatic carbocycles. The molecule has 19 heavy (non-hydrogen) atoms. The van der Waals surface area contributed by atoms with E-state index in [1.165, 1.54) is 0 Å². The highest BCUT2D eigenvalue weighted by molar-refractivity contribution is 5.99. The molecule has 1 atom stereocenters. The number of hydrogen-bond donors (Lipinski definition) is 3. The van der Waals surface area contributed by atoms with Crippen molar-refractivity contribution in [2.24, 2.45) is 11.7 Å². The van der Waals surface area contributed by atoms with Gasteiger partial charge in [0.2, 0.25) is 0 Å². The van der Waals surface area contributed by atoms with Crippen LogP contribution in [0.4, 0.5) is 5.69 Å². The van der Waals surface area contributed by atoms with Gasteiger partial charge in [0.05, 0.1) is 22.9 Å². The number of nitrogens with zero attached hydrogens (tertiary/aromatic N) is 1. The minimum atomic E-state index is -0.863. The molecule has 1 unspecified atom stereocenters. The molecule has 6 heteroatoms. The van der Waals surface area contributed by atoms with Gasteiger partial charge in [-0.15, -0.1) is 0 Å². The van der Waals surface area contributed by atoms with Crippen molar-refractivity contribution in [2.45, 2.75) is 27.2 Å². The standard InChI is InChI=1S/C13H19N3O3/c1-4-9(13(18)19)6-15-10-5-7(2)16-8(3)11(10)12(14)17/h5,9H,4,6H2,1-3H3,(H2,14,17)(H,15,16)(H,18,19). The Bertz CT molecular complexity index is 500. The minimum Gasteiger partial charge on any atom is -0.481 e. The molecular weight excluding hydrogens is 246 g/mol. The first-order valence-corrected chi connectivity index (χ1v) is 6.11. The quantitative estimate of drug-likeness (QED) is 0.719. The van der Waals surface area contributed by atoms with Crippen molar-refractivity contribution in [3.05, 3.63) is 23.0 Å². The third kappa shape index (κ3) is 3.67. The normalized spacial score (nSPS) is 11.9. The molecule has 0 saturated carbocycles. The number of carbonyl (C=O) groups excluding carboxylic acids is 1. The highest BCUT2D eigenvalue weighted by Gasteiger charge is 2.18. The zero-order chi connectivity index (χ0) is 14.6. The second-order valence-electron chi connectivity index (χ2n) is 4.46. The number of anilines is 1. The van der Waals surface area contributed by atoms with Gasteiger partial charge in [-0.1, -0.05) is 6.92 Å². The molecule has 0 aromatic carbocycles. The molecular formula is C13H19N3O3. The predicted molar refractivity (Wildman–Crippen MR) is 72.1 cm³/mol. The smallest absolute Gasteiger partial charge is 0.308 e. The Morgan fingerprint density at radius 3 is 2.58 bits per heavy atom. The zero-order valence-electron chi connectivity index (χ0n) is 11.4. The molecule has 0 fully saturated rings. The first-order valence-electron chi connectivity index (χ1n) is 6.11. The van der Waals surface area contributed by atoms with E-state index in [4.69, 9.17) is 10.8 Å². The maximum Gasteiger partial charge on any atom is 0.308 e. The number of nitrogens with two attached hydrogens (primary N) is 1. The van der Waals surface area contributed by atoms with Crippen LogP contribution in [0.5, 0.6) is 0 Å². The predicted octanol–water partition coefficient (Wildman–Crippen LogP) is 1.32. The number of carbonyl (C=O) groups is 2. The first kappa shape index (κ1) is 14.9. The van der Waals surface area contributed by atoms with E-state index in [2.05, 4.69) is 10.3 Å². The fourth-order valence-electron chi connectivity index (χ4n) is 1.92. The van der Waals surface area contributed by atoms with Crippen LogP contribution >= 0.6 is 0 Å². The van der Waals surface area contributed by atoms with Crippen LogP contribution in [0.2, 0.25) is 0 Å². The number of nitrogens with one attached hydrogen (secondary N) is 1. The Labute approximate surface area is 112 Å². The fraction of sp³-hybridized carbons (Fsp3) is 0.462. The Balaban J connectivity index is 3.00. The van der Waals surface area contributed by atoms with E-state index in [0.29, 0.717) is 23.4 Å². The van der Waals surface area contributed by atoms with Crippen LogP contribution in [0.25, 0.3) is 0 Å². The second kappa shape index (κ2) is 6.17. The van der Waals surface area contributed by atoms with Crippen molar-refractivity contribution in [1.29, 1.82) is 0 Å². The number of carboxylic acids is 1. The van der Waals surface area contributed by atoms with Crippen molar-refractivity contribution in [2.75, 3.05) is 11.9 Å². The molecule has 1 heterocycles. The van der Waals surface area contributed by atoms with Crippen molar-refractivity contribution < 1.29 is 14.7 Å². The van der Waals surface area contributed by atoms with Gasteiger partial charge in [0, 0.05) is 12.2 Å². The SMILES string of the molecule is CCC(CNc1cc(C)nc(C)c1C(N)=O)C(=O)O. The number of hydrogen-bond acceptors (Lipinski definition) is 4. The van der Waals surface area contributed by atoms with Gasteiger partial charge in [-0.2, -0.15) is 0 Å². The van der Waals surface area contributed by atoms with Crippen LogP contribution in [-0.4, -0.2) is 28.5 Å². The van der Waals surface area contributed by atoms with Crippen LogP contribution in [-0.2, 0) is 4.79 Å². The number of rotatable bonds is 6. The van der Waals surface area contributed by atoms with Crippen molar-refractivity contribution in [1.82, 2.24) is 4.98 Å². The summed E-state index contributed by atoms with van der Waals surface area (Å²) in [4.78, 5) is 26.6. The van der Waals surface area contributed by atoms with Crippen molar-refractivity contribution >= 4 is 17.6 Å². The molecule has 0 bridgehead atoms. The summed E-state index contributed by atoms with van der Waals surface area (Å²) >= 11 is 0. The fourth-order valence-corrected chi connectivity index (χ4v) is 1.92. The molecule has 0 radical (unpaired) electrons. The summed E-state index contributed by atoms with van der Waals surface area (Å²) in [6, 6.07) is 1.70. The zero-order valence-corrected chi connectivity index (χ0v) is 11.4. The van der Waals surface area contributed by atoms with E-state index in [1.807, 2.05) is 0 Å². The third-order valence-electron chi connectivity index (χ3n) is 2.96. The summed E-state index contributed by atoms with van der Waals surface area (Å²) < 4.78 is 0. The van der Waals surface area contributed by atoms with E-state index in [-0.39, 0.29) is 6.54 Å². The molecule has 1 rings (SSSR count). The van der Waals surface area contributed by atoms with Gasteiger partial charge in [-0.25, -0.2) is 0 Å². The molecule has 0 spiro atoms. The molecule has 1 amide bonds. The van der Waals surface area contributed by atoms with Gasteiger partial charge >= 0.3 is 5.97 Å². The van der Waals surface area contributed by atoms with Crippen LogP contribution in [0.1, 0.15) is 35.1 Å². The molecule has 4 N–H and O–H groups in total. The van der Waals surface area contributed by atoms with Gasteiger partial charge < -0.3 is 16.2 Å². The number of aliphatic carboxylic acids is 1. The van der Waals surface area contributed by atoms with E-state index < -0.39 is 17.8 Å². The number of carboxylic acid groups (broad SMARTS) is 1. The molecule has 1 aromatic heterocycles. The average Bonchev–Trinajstić information content (AvgIpc) is 2.27. The number of amides is 1. The van der Waals surface area contributed by atoms with Gasteiger partial charge in [-0.3, -0.25) is 14.6 Å². The van der Waals surface area contributed by atoms with Crippen LogP contribution in [0.15, 0.2) is 6.07 Å². The number of pyridine rings is 1. The van der Waals surface area contributed by atoms with Gasteiger partial charge in [0.15, 0.2) is 0 Å². The van der Waals surface area contributed by atoms with Crippen LogP contribution in [0, 0.1) is 19.8 Å². The third-order valence-corrected chi connectivity index (χ3v) is 2.96. The Morgan fingerprint density at radius 1 is 1.47 bits per heavy atom. The molecule has 0 aliphatic rings. The summed E-state index contributed by atoms with van der Waals surface area (Å²) in [5.41, 5.74) is 7.46. The summed E-state index contributed by atoms with van der Waals surface area (Å²) in [5, 5.41) is 12.0. The largest absolute Gasteiger partial charge is 0.481 e. The first-order chi connectivity index (χ1) is 8.86. The Hall–Kier alpha value is -2.11. The maximum atomic E-state index is 11.4. The maximum absolute atomic E-state index is 11.4. The van der Waals surface area contributed by atoms with E-state index in [1.54, 1.807) is 26.8 Å². The highest BCUT2D eigenvalue weighted by atomic mass is 16.4. The topological polar surface area (TPSA) is 105 Å². The minimum absolute atomic E-state index is 0.245. The van der Waals surface area contributed by atoms with Crippen LogP contribution < -0.4 is 11.1 Å². The van der Waals surface area contributed by atoms with E-state index in [9.17, 15) is 9.59 Å². The summed E-state index contributed by atoms with van der Waals surface area (Å²) in [6.45, 7) is 5.55. The van der Waals surface area contributed by atoms with E-state index in [0.717, 1.165) is 5.69 Å². The lowest BCUT2D eigenvalue weighted by Gasteiger charge is -2.16. The molecule has 0 saturated heterocycles. The second-order valence-corrected chi connectivity index (χ2v) is 4.46. The molecule has 104 valence electrons. The Morgan fingerprint density at radius 2 is 2.11 bits per heavy atom. The highest BCUT2D eigenvalue weighted by Crippen LogP contribution is 2.20. The van der Waals surface area contributed by atoms with E-state index >= 15 is 0 Å².